The summed E-state index contributed by atoms with van der Waals surface area (Å²) in [5, 5.41) is 8.12. The van der Waals surface area contributed by atoms with Crippen molar-refractivity contribution in [1.82, 2.24) is 14.6 Å². The highest BCUT2D eigenvalue weighted by Crippen LogP contribution is 2.24. The van der Waals surface area contributed by atoms with Crippen molar-refractivity contribution < 1.29 is 9.47 Å². The maximum Gasteiger partial charge on any atom is 0.158 e. The van der Waals surface area contributed by atoms with E-state index in [1.165, 1.54) is 0 Å². The Kier molecular flexibility index (Phi) is 4.38. The lowest BCUT2D eigenvalue weighted by Gasteiger charge is -2.20. The highest BCUT2D eigenvalue weighted by molar-refractivity contribution is 5.66. The first kappa shape index (κ1) is 16.1. The number of nitrogens with zero attached hydrogens (tertiary/aromatic N) is 3. The molecule has 0 radical (unpaired) electrons. The third-order valence-electron chi connectivity index (χ3n) is 4.36. The number of rotatable bonds is 5. The van der Waals surface area contributed by atoms with Gasteiger partial charge in [0.2, 0.25) is 0 Å². The van der Waals surface area contributed by atoms with Gasteiger partial charge in [0.25, 0.3) is 0 Å². The van der Waals surface area contributed by atoms with Gasteiger partial charge in [-0.05, 0) is 13.8 Å². The molecule has 4 rings (SSSR count). The third kappa shape index (κ3) is 3.23. The van der Waals surface area contributed by atoms with Gasteiger partial charge in [0.05, 0.1) is 30.6 Å². The predicted octanol–water partition coefficient (Wildman–Crippen LogP) is 2.92. The van der Waals surface area contributed by atoms with E-state index in [4.69, 9.17) is 14.5 Å². The zero-order chi connectivity index (χ0) is 17.2. The van der Waals surface area contributed by atoms with Crippen molar-refractivity contribution in [3.05, 3.63) is 48.2 Å². The van der Waals surface area contributed by atoms with Crippen molar-refractivity contribution in [2.45, 2.75) is 26.0 Å². The average molecular weight is 338 g/mol. The summed E-state index contributed by atoms with van der Waals surface area (Å²) in [4.78, 5) is 4.75. The Morgan fingerprint density at radius 3 is 2.88 bits per heavy atom. The lowest BCUT2D eigenvalue weighted by Crippen LogP contribution is -2.35. The van der Waals surface area contributed by atoms with Crippen molar-refractivity contribution in [3.8, 4) is 11.3 Å². The minimum atomic E-state index is 0.0463. The molecule has 1 aromatic carbocycles. The van der Waals surface area contributed by atoms with Gasteiger partial charge in [-0.15, -0.1) is 0 Å². The quantitative estimate of drug-likeness (QED) is 0.775. The standard InChI is InChI=1S/C19H22N4O2/c1-3-25-17-12-24-11-16(17)21-19-10-15(14-7-5-4-6-8-14)20-18-9-13(2)22-23(18)19/h4-10,16-17,21H,3,11-12H2,1-2H3/t16-,17-/m1/s1. The van der Waals surface area contributed by atoms with Crippen LogP contribution >= 0.6 is 0 Å². The van der Waals surface area contributed by atoms with Crippen LogP contribution in [-0.4, -0.2) is 46.6 Å². The van der Waals surface area contributed by atoms with Crippen LogP contribution in [0.15, 0.2) is 42.5 Å². The van der Waals surface area contributed by atoms with Gasteiger partial charge in [-0.25, -0.2) is 4.98 Å². The van der Waals surface area contributed by atoms with E-state index in [2.05, 4.69) is 22.5 Å². The van der Waals surface area contributed by atoms with Gasteiger partial charge in [0.1, 0.15) is 11.9 Å². The van der Waals surface area contributed by atoms with Crippen molar-refractivity contribution in [3.63, 3.8) is 0 Å². The minimum absolute atomic E-state index is 0.0463. The number of aryl methyl sites for hydroxylation is 1. The summed E-state index contributed by atoms with van der Waals surface area (Å²) in [6.45, 7) is 5.89. The largest absolute Gasteiger partial charge is 0.376 e. The number of ether oxygens (including phenoxy) is 2. The summed E-state index contributed by atoms with van der Waals surface area (Å²) in [7, 11) is 0. The number of aromatic nitrogens is 3. The molecule has 1 fully saturated rings. The molecule has 0 aliphatic carbocycles. The van der Waals surface area contributed by atoms with E-state index in [0.29, 0.717) is 19.8 Å². The van der Waals surface area contributed by atoms with Crippen LogP contribution in [0.2, 0.25) is 0 Å². The first-order chi connectivity index (χ1) is 12.2. The zero-order valence-electron chi connectivity index (χ0n) is 14.5. The molecule has 2 aromatic heterocycles. The Morgan fingerprint density at radius 1 is 1.24 bits per heavy atom. The molecule has 130 valence electrons. The van der Waals surface area contributed by atoms with Gasteiger partial charge in [-0.3, -0.25) is 0 Å². The second-order valence-electron chi connectivity index (χ2n) is 6.23. The van der Waals surface area contributed by atoms with Gasteiger partial charge in [0, 0.05) is 24.3 Å². The molecule has 0 spiro atoms. The Balaban J connectivity index is 1.74. The highest BCUT2D eigenvalue weighted by atomic mass is 16.5. The number of fused-ring (bicyclic) bond motifs is 1. The molecule has 3 aromatic rings. The molecule has 0 saturated carbocycles. The third-order valence-corrected chi connectivity index (χ3v) is 4.36. The van der Waals surface area contributed by atoms with E-state index in [9.17, 15) is 0 Å². The fraction of sp³-hybridized carbons (Fsp3) is 0.368. The summed E-state index contributed by atoms with van der Waals surface area (Å²) in [5.41, 5.74) is 3.76. The lowest BCUT2D eigenvalue weighted by atomic mass is 10.1. The first-order valence-corrected chi connectivity index (χ1v) is 8.63. The molecule has 1 aliphatic rings. The fourth-order valence-electron chi connectivity index (χ4n) is 3.19. The monoisotopic (exact) mass is 338 g/mol. The van der Waals surface area contributed by atoms with Crippen LogP contribution in [0.1, 0.15) is 12.6 Å². The molecule has 6 nitrogen and oxygen atoms in total. The van der Waals surface area contributed by atoms with E-state index < -0.39 is 0 Å². The van der Waals surface area contributed by atoms with Crippen LogP contribution in [-0.2, 0) is 9.47 Å². The van der Waals surface area contributed by atoms with Crippen LogP contribution in [0.4, 0.5) is 5.82 Å². The highest BCUT2D eigenvalue weighted by Gasteiger charge is 2.29. The molecule has 25 heavy (non-hydrogen) atoms. The molecular formula is C19H22N4O2. The van der Waals surface area contributed by atoms with E-state index in [1.54, 1.807) is 0 Å². The number of nitrogens with one attached hydrogen (secondary N) is 1. The first-order valence-electron chi connectivity index (χ1n) is 8.63. The summed E-state index contributed by atoms with van der Waals surface area (Å²) >= 11 is 0. The number of anilines is 1. The Bertz CT molecular complexity index is 862. The summed E-state index contributed by atoms with van der Waals surface area (Å²) in [6.07, 6.45) is 0.0463. The zero-order valence-corrected chi connectivity index (χ0v) is 14.5. The number of hydrogen-bond donors (Lipinski definition) is 1. The van der Waals surface area contributed by atoms with Gasteiger partial charge in [-0.1, -0.05) is 30.3 Å². The second kappa shape index (κ2) is 6.82. The smallest absolute Gasteiger partial charge is 0.158 e. The van der Waals surface area contributed by atoms with Crippen LogP contribution in [0.5, 0.6) is 0 Å². The van der Waals surface area contributed by atoms with Crippen LogP contribution in [0.3, 0.4) is 0 Å². The molecule has 1 N–H and O–H groups in total. The molecular weight excluding hydrogens is 316 g/mol. The van der Waals surface area contributed by atoms with Gasteiger partial charge in [0.15, 0.2) is 5.65 Å². The second-order valence-corrected chi connectivity index (χ2v) is 6.23. The number of hydrogen-bond acceptors (Lipinski definition) is 5. The van der Waals surface area contributed by atoms with E-state index in [0.717, 1.165) is 28.4 Å². The molecule has 0 unspecified atom stereocenters. The van der Waals surface area contributed by atoms with Crippen molar-refractivity contribution in [2.24, 2.45) is 0 Å². The Hall–Kier alpha value is -2.44. The summed E-state index contributed by atoms with van der Waals surface area (Å²) in [6, 6.07) is 14.3. The van der Waals surface area contributed by atoms with Gasteiger partial charge in [-0.2, -0.15) is 9.61 Å². The SMILES string of the molecule is CCO[C@@H]1COC[C@H]1Nc1cc(-c2ccccc2)nc2cc(C)nn12. The summed E-state index contributed by atoms with van der Waals surface area (Å²) < 4.78 is 13.2. The molecule has 0 amide bonds. The van der Waals surface area contributed by atoms with E-state index in [1.807, 2.05) is 48.7 Å². The molecule has 0 bridgehead atoms. The van der Waals surface area contributed by atoms with Crippen molar-refractivity contribution in [2.75, 3.05) is 25.1 Å². The van der Waals surface area contributed by atoms with Crippen LogP contribution < -0.4 is 5.32 Å². The topological polar surface area (TPSA) is 60.7 Å². The molecule has 6 heteroatoms. The fourth-order valence-corrected chi connectivity index (χ4v) is 3.19. The molecule has 2 atom stereocenters. The minimum Gasteiger partial charge on any atom is -0.376 e. The Labute approximate surface area is 146 Å². The van der Waals surface area contributed by atoms with Crippen molar-refractivity contribution >= 4 is 11.5 Å². The normalized spacial score (nSPS) is 20.2. The van der Waals surface area contributed by atoms with Crippen LogP contribution in [0, 0.1) is 6.92 Å². The molecule has 3 heterocycles. The van der Waals surface area contributed by atoms with Gasteiger partial charge >= 0.3 is 0 Å². The Morgan fingerprint density at radius 2 is 2.08 bits per heavy atom. The maximum absolute atomic E-state index is 5.79. The molecule has 1 aliphatic heterocycles. The van der Waals surface area contributed by atoms with Crippen LogP contribution in [0.25, 0.3) is 16.9 Å². The molecule has 1 saturated heterocycles. The van der Waals surface area contributed by atoms with E-state index in [-0.39, 0.29) is 12.1 Å². The lowest BCUT2D eigenvalue weighted by molar-refractivity contribution is 0.0478. The maximum atomic E-state index is 5.79. The van der Waals surface area contributed by atoms with Gasteiger partial charge < -0.3 is 14.8 Å². The average Bonchev–Trinajstić information content (AvgIpc) is 3.22. The summed E-state index contributed by atoms with van der Waals surface area (Å²) in [5.74, 6) is 0.900. The predicted molar refractivity (Wildman–Crippen MR) is 96.8 cm³/mol. The van der Waals surface area contributed by atoms with E-state index >= 15 is 0 Å². The number of benzene rings is 1. The van der Waals surface area contributed by atoms with Crippen molar-refractivity contribution in [1.29, 1.82) is 0 Å².